The van der Waals surface area contributed by atoms with Gasteiger partial charge in [-0.25, -0.2) is 0 Å². The second-order valence-corrected chi connectivity index (χ2v) is 8.23. The molecular formula is C23H32Cl2N2. The second-order valence-electron chi connectivity index (χ2n) is 7.48. The normalized spacial score (nSPS) is 11.2. The van der Waals surface area contributed by atoms with E-state index < -0.39 is 0 Å². The van der Waals surface area contributed by atoms with Crippen molar-refractivity contribution in [1.82, 2.24) is 0 Å². The Morgan fingerprint density at radius 2 is 1.07 bits per heavy atom. The highest BCUT2D eigenvalue weighted by Gasteiger charge is 2.16. The standard InChI is InChI=1S/C23H32Cl2N2/c1-5-7-9-16-11-18(22(26)20(24)14(16)3)13-19-12-17(10-8-6-2)15(4)21(25)23(19)27/h11-12H,5-10,13,26-27H2,1-4H3. The summed E-state index contributed by atoms with van der Waals surface area (Å²) < 4.78 is 0. The molecule has 0 aliphatic carbocycles. The quantitative estimate of drug-likeness (QED) is 0.461. The van der Waals surface area contributed by atoms with Gasteiger partial charge in [0.1, 0.15) is 0 Å². The highest BCUT2D eigenvalue weighted by Crippen LogP contribution is 2.36. The molecule has 0 radical (unpaired) electrons. The van der Waals surface area contributed by atoms with Crippen LogP contribution in [0.3, 0.4) is 0 Å². The molecule has 0 aromatic heterocycles. The zero-order chi connectivity index (χ0) is 20.1. The Morgan fingerprint density at radius 1 is 0.704 bits per heavy atom. The molecule has 2 aromatic rings. The van der Waals surface area contributed by atoms with Crippen LogP contribution in [0.1, 0.15) is 72.9 Å². The maximum atomic E-state index is 6.55. The summed E-state index contributed by atoms with van der Waals surface area (Å²) >= 11 is 13.1. The number of halogens is 2. The third kappa shape index (κ3) is 4.92. The van der Waals surface area contributed by atoms with Crippen LogP contribution in [0.25, 0.3) is 0 Å². The number of rotatable bonds is 8. The number of aryl methyl sites for hydroxylation is 2. The Morgan fingerprint density at radius 3 is 1.41 bits per heavy atom. The molecule has 0 unspecified atom stereocenters. The van der Waals surface area contributed by atoms with E-state index in [2.05, 4.69) is 26.0 Å². The molecule has 0 fully saturated rings. The monoisotopic (exact) mass is 406 g/mol. The molecule has 0 atom stereocenters. The Balaban J connectivity index is 2.47. The topological polar surface area (TPSA) is 52.0 Å². The van der Waals surface area contributed by atoms with E-state index in [1.54, 1.807) is 0 Å². The van der Waals surface area contributed by atoms with E-state index in [9.17, 15) is 0 Å². The summed E-state index contributed by atoms with van der Waals surface area (Å²) in [4.78, 5) is 0. The first-order valence-electron chi connectivity index (χ1n) is 9.94. The molecule has 0 saturated carbocycles. The van der Waals surface area contributed by atoms with Gasteiger partial charge in [0.05, 0.1) is 21.4 Å². The van der Waals surface area contributed by atoms with Gasteiger partial charge in [0.25, 0.3) is 0 Å². The summed E-state index contributed by atoms with van der Waals surface area (Å²) in [7, 11) is 0. The van der Waals surface area contributed by atoms with Crippen LogP contribution in [0.2, 0.25) is 10.0 Å². The fourth-order valence-electron chi connectivity index (χ4n) is 3.51. The van der Waals surface area contributed by atoms with Crippen LogP contribution in [-0.4, -0.2) is 0 Å². The van der Waals surface area contributed by atoms with E-state index in [0.29, 0.717) is 27.8 Å². The van der Waals surface area contributed by atoms with Gasteiger partial charge in [0.2, 0.25) is 0 Å². The fraction of sp³-hybridized carbons (Fsp3) is 0.478. The van der Waals surface area contributed by atoms with E-state index in [1.807, 2.05) is 13.8 Å². The van der Waals surface area contributed by atoms with Crippen molar-refractivity contribution < 1.29 is 0 Å². The van der Waals surface area contributed by atoms with Crippen molar-refractivity contribution in [2.75, 3.05) is 11.5 Å². The zero-order valence-electron chi connectivity index (χ0n) is 17.0. The number of nitrogens with two attached hydrogens (primary N) is 2. The van der Waals surface area contributed by atoms with Crippen LogP contribution in [0.5, 0.6) is 0 Å². The summed E-state index contributed by atoms with van der Waals surface area (Å²) in [5.74, 6) is 0. The summed E-state index contributed by atoms with van der Waals surface area (Å²) in [6, 6.07) is 4.40. The molecule has 2 aromatic carbocycles. The largest absolute Gasteiger partial charge is 0.397 e. The van der Waals surface area contributed by atoms with Gasteiger partial charge < -0.3 is 11.5 Å². The number of nitrogen functional groups attached to an aromatic ring is 2. The van der Waals surface area contributed by atoms with Gasteiger partial charge in [-0.05, 0) is 72.9 Å². The molecule has 0 saturated heterocycles. The first kappa shape index (κ1) is 21.9. The summed E-state index contributed by atoms with van der Waals surface area (Å²) in [5, 5.41) is 1.34. The molecule has 0 amide bonds. The van der Waals surface area contributed by atoms with Gasteiger partial charge in [-0.2, -0.15) is 0 Å². The molecule has 4 heteroatoms. The lowest BCUT2D eigenvalue weighted by Crippen LogP contribution is -2.06. The molecule has 148 valence electrons. The molecule has 0 bridgehead atoms. The van der Waals surface area contributed by atoms with Crippen LogP contribution in [-0.2, 0) is 19.3 Å². The van der Waals surface area contributed by atoms with Crippen molar-refractivity contribution in [3.05, 3.63) is 55.6 Å². The molecule has 2 rings (SSSR count). The number of benzene rings is 2. The first-order chi connectivity index (χ1) is 12.8. The second kappa shape index (κ2) is 9.71. The first-order valence-corrected chi connectivity index (χ1v) is 10.7. The summed E-state index contributed by atoms with van der Waals surface area (Å²) in [6.45, 7) is 8.49. The van der Waals surface area contributed by atoms with Gasteiger partial charge in [-0.3, -0.25) is 0 Å². The van der Waals surface area contributed by atoms with Crippen molar-refractivity contribution in [3.8, 4) is 0 Å². The Labute approximate surface area is 174 Å². The number of hydrogen-bond acceptors (Lipinski definition) is 2. The zero-order valence-corrected chi connectivity index (χ0v) is 18.5. The Bertz CT molecular complexity index is 746. The number of anilines is 2. The predicted molar refractivity (Wildman–Crippen MR) is 121 cm³/mol. The molecule has 0 aliphatic heterocycles. The van der Waals surface area contributed by atoms with Crippen molar-refractivity contribution in [3.63, 3.8) is 0 Å². The number of hydrogen-bond donors (Lipinski definition) is 2. The average Bonchev–Trinajstić information content (AvgIpc) is 2.66. The maximum Gasteiger partial charge on any atom is 0.0670 e. The van der Waals surface area contributed by atoms with E-state index in [0.717, 1.165) is 60.8 Å². The Hall–Kier alpha value is -1.38. The van der Waals surface area contributed by atoms with Crippen LogP contribution in [0, 0.1) is 13.8 Å². The van der Waals surface area contributed by atoms with Gasteiger partial charge in [-0.15, -0.1) is 0 Å². The minimum Gasteiger partial charge on any atom is -0.397 e. The smallest absolute Gasteiger partial charge is 0.0670 e. The molecule has 4 N–H and O–H groups in total. The van der Waals surface area contributed by atoms with Crippen LogP contribution in [0.4, 0.5) is 11.4 Å². The van der Waals surface area contributed by atoms with Crippen LogP contribution in [0.15, 0.2) is 12.1 Å². The molecule has 0 aliphatic rings. The third-order valence-corrected chi connectivity index (χ3v) is 6.44. The van der Waals surface area contributed by atoms with Crippen molar-refractivity contribution >= 4 is 34.6 Å². The lowest BCUT2D eigenvalue weighted by atomic mass is 9.92. The van der Waals surface area contributed by atoms with E-state index in [1.165, 1.54) is 11.1 Å². The van der Waals surface area contributed by atoms with Crippen molar-refractivity contribution in [1.29, 1.82) is 0 Å². The highest BCUT2D eigenvalue weighted by molar-refractivity contribution is 6.34. The lowest BCUT2D eigenvalue weighted by molar-refractivity contribution is 0.789. The summed E-state index contributed by atoms with van der Waals surface area (Å²) in [6.07, 6.45) is 7.26. The van der Waals surface area contributed by atoms with Gasteiger partial charge in [0.15, 0.2) is 0 Å². The lowest BCUT2D eigenvalue weighted by Gasteiger charge is -2.18. The molecule has 27 heavy (non-hydrogen) atoms. The van der Waals surface area contributed by atoms with Crippen LogP contribution < -0.4 is 11.5 Å². The fourth-order valence-corrected chi connectivity index (χ4v) is 4.00. The maximum absolute atomic E-state index is 6.55. The van der Waals surface area contributed by atoms with Crippen molar-refractivity contribution in [2.45, 2.75) is 72.6 Å². The van der Waals surface area contributed by atoms with Gasteiger partial charge in [0, 0.05) is 6.42 Å². The highest BCUT2D eigenvalue weighted by atomic mass is 35.5. The Kier molecular flexibility index (Phi) is 7.88. The van der Waals surface area contributed by atoms with Crippen molar-refractivity contribution in [2.24, 2.45) is 0 Å². The average molecular weight is 407 g/mol. The van der Waals surface area contributed by atoms with E-state index in [4.69, 9.17) is 34.7 Å². The SMILES string of the molecule is CCCCc1cc(Cc2cc(CCCC)c(C)c(Cl)c2N)c(N)c(Cl)c1C. The minimum atomic E-state index is 0.649. The van der Waals surface area contributed by atoms with Gasteiger partial charge >= 0.3 is 0 Å². The molecule has 2 nitrogen and oxygen atoms in total. The minimum absolute atomic E-state index is 0.649. The van der Waals surface area contributed by atoms with E-state index in [-0.39, 0.29) is 0 Å². The predicted octanol–water partition coefficient (Wildman–Crippen LogP) is 7.05. The summed E-state index contributed by atoms with van der Waals surface area (Å²) in [5.41, 5.74) is 20.8. The van der Waals surface area contributed by atoms with E-state index >= 15 is 0 Å². The third-order valence-electron chi connectivity index (χ3n) is 5.46. The molecule has 0 heterocycles. The van der Waals surface area contributed by atoms with Crippen LogP contribution >= 0.6 is 23.2 Å². The molecular weight excluding hydrogens is 375 g/mol. The number of unbranched alkanes of at least 4 members (excludes halogenated alkanes) is 2. The molecule has 0 spiro atoms. The van der Waals surface area contributed by atoms with Gasteiger partial charge in [-0.1, -0.05) is 62.0 Å².